The molecule has 0 atom stereocenters. The van der Waals surface area contributed by atoms with E-state index in [-0.39, 0.29) is 4.90 Å². The highest BCUT2D eigenvalue weighted by molar-refractivity contribution is 9.10. The van der Waals surface area contributed by atoms with Gasteiger partial charge in [-0.15, -0.1) is 0 Å². The summed E-state index contributed by atoms with van der Waals surface area (Å²) in [5.41, 5.74) is 7.95. The highest BCUT2D eigenvalue weighted by Crippen LogP contribution is 2.27. The van der Waals surface area contributed by atoms with Crippen LogP contribution in [0.2, 0.25) is 0 Å². The Morgan fingerprint density at radius 3 is 2.60 bits per heavy atom. The minimum Gasteiger partial charge on any atom is -0.398 e. The normalized spacial score (nSPS) is 11.3. The minimum atomic E-state index is -3.69. The fraction of sp³-hybridized carbons (Fsp3) is 0.154. The van der Waals surface area contributed by atoms with Crippen molar-refractivity contribution in [1.29, 1.82) is 0 Å². The van der Waals surface area contributed by atoms with Crippen molar-refractivity contribution >= 4 is 37.3 Å². The van der Waals surface area contributed by atoms with Crippen LogP contribution in [0.25, 0.3) is 0 Å². The number of benzene rings is 1. The molecule has 0 aliphatic carbocycles. The second kappa shape index (κ2) is 5.41. The summed E-state index contributed by atoms with van der Waals surface area (Å²) in [5.74, 6) is 0. The number of nitrogens with zero attached hydrogens (tertiary/aromatic N) is 1. The van der Waals surface area contributed by atoms with E-state index in [4.69, 9.17) is 5.73 Å². The van der Waals surface area contributed by atoms with Crippen molar-refractivity contribution in [3.05, 3.63) is 46.2 Å². The van der Waals surface area contributed by atoms with Gasteiger partial charge in [-0.3, -0.25) is 9.71 Å². The van der Waals surface area contributed by atoms with Gasteiger partial charge in [0.15, 0.2) is 0 Å². The van der Waals surface area contributed by atoms with Crippen LogP contribution in [0.15, 0.2) is 39.8 Å². The molecular formula is C13H14BrN3O2S. The predicted molar refractivity (Wildman–Crippen MR) is 83.1 cm³/mol. The van der Waals surface area contributed by atoms with Gasteiger partial charge in [0.25, 0.3) is 10.0 Å². The van der Waals surface area contributed by atoms with E-state index in [1.807, 2.05) is 0 Å². The molecule has 2 rings (SSSR count). The van der Waals surface area contributed by atoms with Crippen molar-refractivity contribution in [3.63, 3.8) is 0 Å². The number of sulfonamides is 1. The third-order valence-electron chi connectivity index (χ3n) is 2.80. The minimum absolute atomic E-state index is 0.152. The molecule has 0 bridgehead atoms. The van der Waals surface area contributed by atoms with E-state index in [1.54, 1.807) is 38.2 Å². The summed E-state index contributed by atoms with van der Waals surface area (Å²) in [6, 6.07) is 6.46. The molecular weight excluding hydrogens is 342 g/mol. The Morgan fingerprint density at radius 1 is 1.25 bits per heavy atom. The number of anilines is 2. The molecule has 2 aromatic rings. The number of nitrogen functional groups attached to an aromatic ring is 1. The van der Waals surface area contributed by atoms with Crippen LogP contribution in [0.4, 0.5) is 11.4 Å². The van der Waals surface area contributed by atoms with Crippen LogP contribution >= 0.6 is 15.9 Å². The van der Waals surface area contributed by atoms with Crippen LogP contribution < -0.4 is 10.5 Å². The molecule has 20 heavy (non-hydrogen) atoms. The first-order valence-electron chi connectivity index (χ1n) is 5.81. The number of nitrogens with two attached hydrogens (primary N) is 1. The number of halogens is 1. The molecule has 0 radical (unpaired) electrons. The van der Waals surface area contributed by atoms with Crippen LogP contribution in [0.5, 0.6) is 0 Å². The van der Waals surface area contributed by atoms with Crippen molar-refractivity contribution in [3.8, 4) is 0 Å². The van der Waals surface area contributed by atoms with E-state index in [1.165, 1.54) is 6.07 Å². The van der Waals surface area contributed by atoms with Gasteiger partial charge in [0, 0.05) is 22.1 Å². The number of hydrogen-bond donors (Lipinski definition) is 2. The summed E-state index contributed by atoms with van der Waals surface area (Å²) in [6.07, 6.45) is 1.55. The van der Waals surface area contributed by atoms with Crippen molar-refractivity contribution in [2.75, 3.05) is 10.5 Å². The molecule has 106 valence electrons. The molecule has 0 unspecified atom stereocenters. The maximum atomic E-state index is 12.4. The standard InChI is InChI=1S/C13H14BrN3O2S/c1-8-5-11(3-4-16-8)17-20(18,19)13-7-10(14)6-12(15)9(13)2/h3-7H,15H2,1-2H3,(H,16,17). The lowest BCUT2D eigenvalue weighted by Crippen LogP contribution is -2.15. The Labute approximate surface area is 126 Å². The molecule has 0 saturated carbocycles. The van der Waals surface area contributed by atoms with Crippen molar-refractivity contribution in [2.45, 2.75) is 18.7 Å². The Hall–Kier alpha value is -1.60. The van der Waals surface area contributed by atoms with Crippen molar-refractivity contribution in [2.24, 2.45) is 0 Å². The number of aryl methyl sites for hydroxylation is 1. The quantitative estimate of drug-likeness (QED) is 0.829. The molecule has 3 N–H and O–H groups in total. The van der Waals surface area contributed by atoms with Gasteiger partial charge in [0.05, 0.1) is 10.6 Å². The van der Waals surface area contributed by atoms with E-state index in [9.17, 15) is 8.42 Å². The monoisotopic (exact) mass is 355 g/mol. The van der Waals surface area contributed by atoms with Gasteiger partial charge >= 0.3 is 0 Å². The highest BCUT2D eigenvalue weighted by atomic mass is 79.9. The van der Waals surface area contributed by atoms with Gasteiger partial charge in [-0.25, -0.2) is 8.42 Å². The zero-order valence-electron chi connectivity index (χ0n) is 11.0. The summed E-state index contributed by atoms with van der Waals surface area (Å²) in [6.45, 7) is 3.47. The van der Waals surface area contributed by atoms with E-state index in [0.717, 1.165) is 5.69 Å². The molecule has 0 fully saturated rings. The Kier molecular flexibility index (Phi) is 4.01. The Morgan fingerprint density at radius 2 is 1.95 bits per heavy atom. The van der Waals surface area contributed by atoms with E-state index >= 15 is 0 Å². The number of rotatable bonds is 3. The fourth-order valence-electron chi connectivity index (χ4n) is 1.77. The zero-order valence-corrected chi connectivity index (χ0v) is 13.4. The molecule has 1 aromatic carbocycles. The number of pyridine rings is 1. The van der Waals surface area contributed by atoms with Gasteiger partial charge in [0.2, 0.25) is 0 Å². The molecule has 0 spiro atoms. The SMILES string of the molecule is Cc1cc(NS(=O)(=O)c2cc(Br)cc(N)c2C)ccn1. The summed E-state index contributed by atoms with van der Waals surface area (Å²) >= 11 is 3.25. The van der Waals surface area contributed by atoms with Gasteiger partial charge in [-0.1, -0.05) is 15.9 Å². The van der Waals surface area contributed by atoms with Gasteiger partial charge < -0.3 is 5.73 Å². The zero-order chi connectivity index (χ0) is 14.9. The molecule has 1 heterocycles. The molecule has 0 aliphatic rings. The van der Waals surface area contributed by atoms with Gasteiger partial charge in [0.1, 0.15) is 0 Å². The average molecular weight is 356 g/mol. The molecule has 0 amide bonds. The predicted octanol–water partition coefficient (Wildman–Crippen LogP) is 2.84. The molecule has 5 nitrogen and oxygen atoms in total. The molecule has 1 aromatic heterocycles. The van der Waals surface area contributed by atoms with Crippen LogP contribution in [0.3, 0.4) is 0 Å². The first-order chi connectivity index (χ1) is 9.29. The molecule has 7 heteroatoms. The van der Waals surface area contributed by atoms with Gasteiger partial charge in [-0.05, 0) is 43.7 Å². The molecule has 0 saturated heterocycles. The Balaban J connectivity index is 2.46. The summed E-state index contributed by atoms with van der Waals surface area (Å²) in [4.78, 5) is 4.18. The van der Waals surface area contributed by atoms with Crippen molar-refractivity contribution in [1.82, 2.24) is 4.98 Å². The second-order valence-electron chi connectivity index (χ2n) is 4.41. The summed E-state index contributed by atoms with van der Waals surface area (Å²) in [5, 5.41) is 0. The fourth-order valence-corrected chi connectivity index (χ4v) is 3.75. The topological polar surface area (TPSA) is 85.1 Å². The number of nitrogens with one attached hydrogen (secondary N) is 1. The average Bonchev–Trinajstić information content (AvgIpc) is 2.33. The van der Waals surface area contributed by atoms with Crippen LogP contribution in [0.1, 0.15) is 11.3 Å². The first kappa shape index (κ1) is 14.8. The van der Waals surface area contributed by atoms with Gasteiger partial charge in [-0.2, -0.15) is 0 Å². The van der Waals surface area contributed by atoms with Crippen LogP contribution in [0, 0.1) is 13.8 Å². The molecule has 0 aliphatic heterocycles. The number of aromatic nitrogens is 1. The summed E-state index contributed by atoms with van der Waals surface area (Å²) in [7, 11) is -3.69. The Bertz CT molecular complexity index is 760. The highest BCUT2D eigenvalue weighted by Gasteiger charge is 2.19. The van der Waals surface area contributed by atoms with Crippen LogP contribution in [-0.2, 0) is 10.0 Å². The lowest BCUT2D eigenvalue weighted by molar-refractivity contribution is 0.600. The maximum Gasteiger partial charge on any atom is 0.262 e. The van der Waals surface area contributed by atoms with Crippen LogP contribution in [-0.4, -0.2) is 13.4 Å². The number of hydrogen-bond acceptors (Lipinski definition) is 4. The lowest BCUT2D eigenvalue weighted by Gasteiger charge is -2.12. The van der Waals surface area contributed by atoms with E-state index in [0.29, 0.717) is 21.4 Å². The van der Waals surface area contributed by atoms with Crippen molar-refractivity contribution < 1.29 is 8.42 Å². The summed E-state index contributed by atoms with van der Waals surface area (Å²) < 4.78 is 28.0. The maximum absolute atomic E-state index is 12.4. The largest absolute Gasteiger partial charge is 0.398 e. The second-order valence-corrected chi connectivity index (χ2v) is 6.98. The smallest absolute Gasteiger partial charge is 0.262 e. The van der Waals surface area contributed by atoms with E-state index < -0.39 is 10.0 Å². The van der Waals surface area contributed by atoms with E-state index in [2.05, 4.69) is 25.6 Å². The first-order valence-corrected chi connectivity index (χ1v) is 8.08. The third-order valence-corrected chi connectivity index (χ3v) is 4.77. The lowest BCUT2D eigenvalue weighted by atomic mass is 10.2. The third kappa shape index (κ3) is 3.10.